The number of aliphatic carboxylic acids is 1. The van der Waals surface area contributed by atoms with E-state index in [4.69, 9.17) is 35.5 Å². The Labute approximate surface area is 346 Å². The number of nitrogens with zero attached hydrogens (tertiary/aromatic N) is 2. The van der Waals surface area contributed by atoms with E-state index in [9.17, 15) is 18.4 Å². The molecule has 1 fully saturated rings. The van der Waals surface area contributed by atoms with E-state index in [1.165, 1.54) is 31.4 Å². The van der Waals surface area contributed by atoms with Gasteiger partial charge in [0, 0.05) is 12.5 Å². The molecule has 14 heteroatoms. The average molecular weight is 822 g/mol. The third-order valence-electron chi connectivity index (χ3n) is 8.91. The molecule has 6 aromatic rings. The molecule has 1 unspecified atom stereocenters. The fourth-order valence-electron chi connectivity index (χ4n) is 5.26. The number of ether oxygens (including phenoxy) is 3. The van der Waals surface area contributed by atoms with Crippen LogP contribution in [-0.4, -0.2) is 52.4 Å². The Balaban J connectivity index is 0.000000178. The van der Waals surface area contributed by atoms with Gasteiger partial charge in [0.1, 0.15) is 45.4 Å². The first-order valence-corrected chi connectivity index (χ1v) is 18.6. The minimum Gasteiger partial charge on any atom is -0.481 e. The van der Waals surface area contributed by atoms with Gasteiger partial charge in [-0.25, -0.2) is 13.8 Å². The van der Waals surface area contributed by atoms with Crippen molar-refractivity contribution < 1.29 is 47.0 Å². The van der Waals surface area contributed by atoms with Gasteiger partial charge in [0.05, 0.1) is 44.0 Å². The van der Waals surface area contributed by atoms with Crippen LogP contribution >= 0.6 is 11.6 Å². The zero-order valence-corrected chi connectivity index (χ0v) is 33.5. The van der Waals surface area contributed by atoms with Crippen LogP contribution in [0.15, 0.2) is 133 Å². The number of esters is 1. The lowest BCUT2D eigenvalue weighted by Gasteiger charge is -2.25. The first kappa shape index (κ1) is 43.8. The van der Waals surface area contributed by atoms with E-state index in [0.717, 1.165) is 11.0 Å². The standard InChI is InChI=1S/C19H14FNO3.C18H19BFO3.C8H8ClNO2/c20-14-6-10-17(11-7-14)24-16-8-4-13(5-9-16)18-3-1-2-15(21-18)12-19(22)23;1-17(2)18(3,4)23-19(22-17)13-5-9-15(10-6-13)21-16-11-7-14(20)8-12-16;1-12-8(11)5-6-3-2-4-7(9)10-6/h1-11H,12H2,(H,22,23);5-12H,1H2,2-4H3;2-4H,5H2,1H3/q;+1;. The Kier molecular flexibility index (Phi) is 14.8. The van der Waals surface area contributed by atoms with Crippen LogP contribution < -0.4 is 14.9 Å². The molecule has 1 saturated heterocycles. The van der Waals surface area contributed by atoms with Crippen LogP contribution in [0.3, 0.4) is 0 Å². The number of carboxylic acid groups (broad SMARTS) is 1. The minimum atomic E-state index is -0.914. The van der Waals surface area contributed by atoms with Crippen LogP contribution in [0.1, 0.15) is 32.2 Å². The quantitative estimate of drug-likeness (QED) is 0.0618. The molecule has 2 aromatic heterocycles. The molecule has 1 N–H and O–H groups in total. The SMILES string of the molecule is COC(=O)Cc1cccc(Cl)n1.O=C(O)Cc1cccc(-c2ccc(Oc3ccc(F)cc3)cc2)n1.[CH2+]C1(C)OB(c2ccc(Oc3ccc(F)cc3)cc2)OC1(C)C. The smallest absolute Gasteiger partial charge is 0.481 e. The molecular formula is C45H41BClF2N2O8+. The minimum absolute atomic E-state index is 0.112. The molecule has 1 aliphatic rings. The fraction of sp³-hybridized carbons (Fsp3) is 0.178. The van der Waals surface area contributed by atoms with Gasteiger partial charge in [-0.1, -0.05) is 35.9 Å². The van der Waals surface area contributed by atoms with Gasteiger partial charge in [-0.15, -0.1) is 0 Å². The number of carbonyl (C=O) groups is 2. The van der Waals surface area contributed by atoms with Crippen LogP contribution in [0.25, 0.3) is 11.3 Å². The number of carboxylic acids is 1. The number of pyridine rings is 2. The molecule has 7 rings (SSSR count). The Morgan fingerprint density at radius 2 is 1.17 bits per heavy atom. The zero-order valence-electron chi connectivity index (χ0n) is 32.7. The summed E-state index contributed by atoms with van der Waals surface area (Å²) in [4.78, 5) is 29.8. The normalized spacial score (nSPS) is 15.1. The number of hydrogen-bond donors (Lipinski definition) is 1. The van der Waals surface area contributed by atoms with Gasteiger partial charge < -0.3 is 28.6 Å². The van der Waals surface area contributed by atoms with Gasteiger partial charge in [-0.3, -0.25) is 14.6 Å². The maximum absolute atomic E-state index is 12.9. The Morgan fingerprint density at radius 3 is 1.63 bits per heavy atom. The number of hydrogen-bond acceptors (Lipinski definition) is 9. The molecule has 3 heterocycles. The van der Waals surface area contributed by atoms with Crippen molar-refractivity contribution in [3.05, 3.63) is 169 Å². The van der Waals surface area contributed by atoms with Crippen molar-refractivity contribution in [3.8, 4) is 34.3 Å². The van der Waals surface area contributed by atoms with Crippen LogP contribution in [0.5, 0.6) is 23.0 Å². The molecule has 302 valence electrons. The Bertz CT molecular complexity index is 2300. The van der Waals surface area contributed by atoms with Gasteiger partial charge >= 0.3 is 19.1 Å². The molecule has 0 amide bonds. The van der Waals surface area contributed by atoms with Gasteiger partial charge in [-0.05, 0) is 129 Å². The molecule has 0 bridgehead atoms. The van der Waals surface area contributed by atoms with Crippen LogP contribution in [0.2, 0.25) is 5.15 Å². The summed E-state index contributed by atoms with van der Waals surface area (Å²) in [6, 6.07) is 36.8. The fourth-order valence-corrected chi connectivity index (χ4v) is 5.44. The van der Waals surface area contributed by atoms with Gasteiger partial charge in [0.15, 0.2) is 0 Å². The molecule has 0 spiro atoms. The number of aromatic nitrogens is 2. The average Bonchev–Trinajstić information content (AvgIpc) is 3.43. The lowest BCUT2D eigenvalue weighted by molar-refractivity contribution is -0.140. The zero-order chi connectivity index (χ0) is 42.6. The topological polar surface area (TPSA) is 126 Å². The number of benzene rings is 4. The van der Waals surface area contributed by atoms with Gasteiger partial charge in [-0.2, -0.15) is 0 Å². The van der Waals surface area contributed by atoms with Crippen LogP contribution in [-0.2, 0) is 36.5 Å². The van der Waals surface area contributed by atoms with Gasteiger partial charge in [0.25, 0.3) is 0 Å². The Hall–Kier alpha value is -6.28. The maximum Gasteiger partial charge on any atom is 0.497 e. The van der Waals surface area contributed by atoms with Crippen LogP contribution in [0, 0.1) is 18.6 Å². The first-order valence-electron chi connectivity index (χ1n) is 18.2. The number of methoxy groups -OCH3 is 1. The summed E-state index contributed by atoms with van der Waals surface area (Å²) < 4.78 is 53.4. The van der Waals surface area contributed by atoms with E-state index in [2.05, 4.69) is 21.6 Å². The predicted molar refractivity (Wildman–Crippen MR) is 221 cm³/mol. The highest BCUT2D eigenvalue weighted by molar-refractivity contribution is 6.62. The Morgan fingerprint density at radius 1 is 0.695 bits per heavy atom. The highest BCUT2D eigenvalue weighted by Gasteiger charge is 2.57. The number of rotatable bonds is 10. The molecule has 1 aliphatic heterocycles. The van der Waals surface area contributed by atoms with E-state index >= 15 is 0 Å². The second-order valence-electron chi connectivity index (χ2n) is 13.8. The van der Waals surface area contributed by atoms with Gasteiger partial charge in [0.2, 0.25) is 5.60 Å². The lowest BCUT2D eigenvalue weighted by Crippen LogP contribution is -2.42. The monoisotopic (exact) mass is 821 g/mol. The highest BCUT2D eigenvalue weighted by atomic mass is 35.5. The largest absolute Gasteiger partial charge is 0.497 e. The molecule has 59 heavy (non-hydrogen) atoms. The van der Waals surface area contributed by atoms with Crippen molar-refractivity contribution >= 4 is 36.1 Å². The van der Waals surface area contributed by atoms with Crippen molar-refractivity contribution in [1.82, 2.24) is 9.97 Å². The molecule has 0 aliphatic carbocycles. The second-order valence-corrected chi connectivity index (χ2v) is 14.2. The van der Waals surface area contributed by atoms with E-state index in [1.807, 2.05) is 63.2 Å². The summed E-state index contributed by atoms with van der Waals surface area (Å²) in [6.45, 7) is 9.92. The summed E-state index contributed by atoms with van der Waals surface area (Å²) in [6.07, 6.45) is 0.0522. The van der Waals surface area contributed by atoms with E-state index in [-0.39, 0.29) is 30.4 Å². The molecular weight excluding hydrogens is 781 g/mol. The highest BCUT2D eigenvalue weighted by Crippen LogP contribution is 2.36. The van der Waals surface area contributed by atoms with E-state index < -0.39 is 24.3 Å². The lowest BCUT2D eigenvalue weighted by atomic mass is 9.79. The number of carbonyl (C=O) groups excluding carboxylic acids is 1. The van der Waals surface area contributed by atoms with Crippen molar-refractivity contribution in [1.29, 1.82) is 0 Å². The molecule has 10 nitrogen and oxygen atoms in total. The predicted octanol–water partition coefficient (Wildman–Crippen LogP) is 9.49. The molecule has 1 atom stereocenters. The summed E-state index contributed by atoms with van der Waals surface area (Å²) in [5.74, 6) is 0.575. The van der Waals surface area contributed by atoms with Crippen molar-refractivity contribution in [3.63, 3.8) is 0 Å². The maximum atomic E-state index is 12.9. The van der Waals surface area contributed by atoms with E-state index in [0.29, 0.717) is 45.2 Å². The molecule has 0 saturated carbocycles. The number of halogens is 3. The first-order chi connectivity index (χ1) is 28.1. The van der Waals surface area contributed by atoms with E-state index in [1.54, 1.807) is 66.7 Å². The van der Waals surface area contributed by atoms with Crippen molar-refractivity contribution in [2.24, 2.45) is 0 Å². The summed E-state index contributed by atoms with van der Waals surface area (Å²) >= 11 is 5.61. The van der Waals surface area contributed by atoms with Crippen LogP contribution in [0.4, 0.5) is 8.78 Å². The summed E-state index contributed by atoms with van der Waals surface area (Å²) in [7, 11) is 0.889. The summed E-state index contributed by atoms with van der Waals surface area (Å²) in [5, 5.41) is 9.23. The second kappa shape index (κ2) is 19.9. The summed E-state index contributed by atoms with van der Waals surface area (Å²) in [5.41, 5.74) is 2.50. The molecule has 4 aromatic carbocycles. The third kappa shape index (κ3) is 13.1. The van der Waals surface area contributed by atoms with Crippen molar-refractivity contribution in [2.75, 3.05) is 7.11 Å². The van der Waals surface area contributed by atoms with Crippen molar-refractivity contribution in [2.45, 2.75) is 44.8 Å². The molecule has 0 radical (unpaired) electrons. The third-order valence-corrected chi connectivity index (χ3v) is 9.12.